The predicted octanol–water partition coefficient (Wildman–Crippen LogP) is 3.28. The summed E-state index contributed by atoms with van der Waals surface area (Å²) in [5.74, 6) is -1.49. The Morgan fingerprint density at radius 3 is 2.57 bits per heavy atom. The molecule has 1 aromatic carbocycles. The first-order chi connectivity index (χ1) is 9.92. The Balaban J connectivity index is 2.28. The number of hydrogen-bond donors (Lipinski definition) is 3. The Morgan fingerprint density at radius 2 is 2.00 bits per heavy atom. The summed E-state index contributed by atoms with van der Waals surface area (Å²) in [5, 5.41) is 21.7. The lowest BCUT2D eigenvalue weighted by Gasteiger charge is -2.06. The molecule has 0 spiro atoms. The van der Waals surface area contributed by atoms with E-state index in [1.54, 1.807) is 25.1 Å². The van der Waals surface area contributed by atoms with E-state index >= 15 is 0 Å². The van der Waals surface area contributed by atoms with Gasteiger partial charge in [-0.05, 0) is 37.1 Å². The summed E-state index contributed by atoms with van der Waals surface area (Å²) in [6.45, 7) is 3.65. The van der Waals surface area contributed by atoms with Gasteiger partial charge in [0.15, 0.2) is 0 Å². The zero-order valence-corrected chi connectivity index (χ0v) is 12.5. The van der Waals surface area contributed by atoms with Gasteiger partial charge in [-0.1, -0.05) is 13.0 Å². The number of carbonyl (C=O) groups is 2. The van der Waals surface area contributed by atoms with Crippen molar-refractivity contribution in [3.8, 4) is 5.75 Å². The molecule has 0 aliphatic rings. The minimum atomic E-state index is -1.08. The molecule has 6 heteroatoms. The zero-order chi connectivity index (χ0) is 15.6. The monoisotopic (exact) mass is 305 g/mol. The van der Waals surface area contributed by atoms with Crippen molar-refractivity contribution in [1.82, 2.24) is 0 Å². The van der Waals surface area contributed by atoms with Crippen LogP contribution in [-0.2, 0) is 6.42 Å². The summed E-state index contributed by atoms with van der Waals surface area (Å²) in [7, 11) is 0. The van der Waals surface area contributed by atoms with Gasteiger partial charge in [0.25, 0.3) is 5.91 Å². The van der Waals surface area contributed by atoms with Gasteiger partial charge in [0.1, 0.15) is 10.8 Å². The van der Waals surface area contributed by atoms with Crippen molar-refractivity contribution in [2.75, 3.05) is 5.32 Å². The molecular weight excluding hydrogens is 290 g/mol. The van der Waals surface area contributed by atoms with Gasteiger partial charge in [0, 0.05) is 10.4 Å². The number of aromatic hydroxyl groups is 1. The molecule has 1 amide bonds. The van der Waals surface area contributed by atoms with Crippen molar-refractivity contribution in [3.63, 3.8) is 0 Å². The number of aryl methyl sites for hydroxylation is 2. The molecule has 1 heterocycles. The van der Waals surface area contributed by atoms with E-state index in [1.165, 1.54) is 17.4 Å². The van der Waals surface area contributed by atoms with Crippen LogP contribution in [0.1, 0.15) is 38.1 Å². The Labute approximate surface area is 125 Å². The third kappa shape index (κ3) is 3.22. The van der Waals surface area contributed by atoms with Gasteiger partial charge in [-0.2, -0.15) is 0 Å². The van der Waals surface area contributed by atoms with Crippen molar-refractivity contribution in [1.29, 1.82) is 0 Å². The van der Waals surface area contributed by atoms with Crippen LogP contribution in [0.25, 0.3) is 0 Å². The molecule has 0 unspecified atom stereocenters. The lowest BCUT2D eigenvalue weighted by molar-refractivity contribution is 0.0698. The molecule has 110 valence electrons. The second-order valence-corrected chi connectivity index (χ2v) is 5.71. The summed E-state index contributed by atoms with van der Waals surface area (Å²) < 4.78 is 0. The predicted molar refractivity (Wildman–Crippen MR) is 81.5 cm³/mol. The summed E-state index contributed by atoms with van der Waals surface area (Å²) >= 11 is 1.24. The van der Waals surface area contributed by atoms with Crippen molar-refractivity contribution in [2.45, 2.75) is 20.3 Å². The maximum atomic E-state index is 12.1. The molecule has 21 heavy (non-hydrogen) atoms. The van der Waals surface area contributed by atoms with Crippen molar-refractivity contribution >= 4 is 28.2 Å². The molecule has 0 bridgehead atoms. The van der Waals surface area contributed by atoms with Crippen molar-refractivity contribution in [2.24, 2.45) is 0 Å². The Kier molecular flexibility index (Phi) is 4.28. The Hall–Kier alpha value is -2.34. The molecule has 5 nitrogen and oxygen atoms in total. The van der Waals surface area contributed by atoms with Crippen LogP contribution in [0.15, 0.2) is 24.3 Å². The first-order valence-corrected chi connectivity index (χ1v) is 7.21. The summed E-state index contributed by atoms with van der Waals surface area (Å²) in [5.41, 5.74) is 1.03. The van der Waals surface area contributed by atoms with E-state index in [4.69, 9.17) is 5.11 Å². The van der Waals surface area contributed by atoms with Crippen LogP contribution in [0.5, 0.6) is 5.75 Å². The van der Waals surface area contributed by atoms with Gasteiger partial charge in [-0.15, -0.1) is 11.3 Å². The normalized spacial score (nSPS) is 10.4. The molecule has 2 rings (SSSR count). The molecule has 2 aromatic rings. The SMILES string of the molecule is CCc1cc(C(=O)O)c(NC(=O)c2ccc(C)c(O)c2)s1. The number of carboxylic acids is 1. The lowest BCUT2D eigenvalue weighted by atomic mass is 10.1. The van der Waals surface area contributed by atoms with E-state index < -0.39 is 11.9 Å². The largest absolute Gasteiger partial charge is 0.508 e. The van der Waals surface area contributed by atoms with E-state index in [9.17, 15) is 14.7 Å². The second kappa shape index (κ2) is 5.97. The van der Waals surface area contributed by atoms with Crippen LogP contribution < -0.4 is 5.32 Å². The highest BCUT2D eigenvalue weighted by Crippen LogP contribution is 2.29. The summed E-state index contributed by atoms with van der Waals surface area (Å²) in [6, 6.07) is 6.14. The number of benzene rings is 1. The molecule has 0 atom stereocenters. The number of carbonyl (C=O) groups excluding carboxylic acids is 1. The average Bonchev–Trinajstić information content (AvgIpc) is 2.85. The number of rotatable bonds is 4. The van der Waals surface area contributed by atoms with Crippen molar-refractivity contribution in [3.05, 3.63) is 45.8 Å². The molecule has 1 aromatic heterocycles. The van der Waals surface area contributed by atoms with E-state index in [0.29, 0.717) is 17.0 Å². The number of phenols is 1. The fraction of sp³-hybridized carbons (Fsp3) is 0.200. The molecule has 0 saturated heterocycles. The standard InChI is InChI=1S/C15H15NO4S/c1-3-10-7-11(15(19)20)14(21-10)16-13(18)9-5-4-8(2)12(17)6-9/h4-7,17H,3H2,1-2H3,(H,16,18)(H,19,20). The number of phenolic OH excluding ortho intramolecular Hbond substituents is 1. The fourth-order valence-corrected chi connectivity index (χ4v) is 2.78. The Bertz CT molecular complexity index is 706. The highest BCUT2D eigenvalue weighted by molar-refractivity contribution is 7.16. The highest BCUT2D eigenvalue weighted by Gasteiger charge is 2.17. The summed E-state index contributed by atoms with van der Waals surface area (Å²) in [6.07, 6.45) is 0.701. The van der Waals surface area contributed by atoms with E-state index in [1.807, 2.05) is 6.92 Å². The summed E-state index contributed by atoms with van der Waals surface area (Å²) in [4.78, 5) is 24.2. The minimum Gasteiger partial charge on any atom is -0.508 e. The number of carboxylic acid groups (broad SMARTS) is 1. The quantitative estimate of drug-likeness (QED) is 0.809. The number of hydrogen-bond acceptors (Lipinski definition) is 4. The van der Waals surface area contributed by atoms with Crippen LogP contribution in [0.3, 0.4) is 0 Å². The maximum absolute atomic E-state index is 12.1. The van der Waals surface area contributed by atoms with Crippen molar-refractivity contribution < 1.29 is 19.8 Å². The number of anilines is 1. The zero-order valence-electron chi connectivity index (χ0n) is 11.6. The lowest BCUT2D eigenvalue weighted by Crippen LogP contribution is -2.13. The van der Waals surface area contributed by atoms with Crippen LogP contribution in [-0.4, -0.2) is 22.1 Å². The van der Waals surface area contributed by atoms with Crippen LogP contribution >= 0.6 is 11.3 Å². The van der Waals surface area contributed by atoms with Gasteiger partial charge < -0.3 is 15.5 Å². The third-order valence-electron chi connectivity index (χ3n) is 3.06. The Morgan fingerprint density at radius 1 is 1.29 bits per heavy atom. The van der Waals surface area contributed by atoms with Gasteiger partial charge in [0.05, 0.1) is 5.56 Å². The van der Waals surface area contributed by atoms with E-state index in [2.05, 4.69) is 5.32 Å². The van der Waals surface area contributed by atoms with Crippen LogP contribution in [0, 0.1) is 6.92 Å². The smallest absolute Gasteiger partial charge is 0.338 e. The maximum Gasteiger partial charge on any atom is 0.338 e. The highest BCUT2D eigenvalue weighted by atomic mass is 32.1. The van der Waals surface area contributed by atoms with Crippen LogP contribution in [0.2, 0.25) is 0 Å². The molecule has 0 radical (unpaired) electrons. The van der Waals surface area contributed by atoms with E-state index in [0.717, 1.165) is 4.88 Å². The molecular formula is C15H15NO4S. The second-order valence-electron chi connectivity index (χ2n) is 4.57. The molecule has 0 fully saturated rings. The molecule has 3 N–H and O–H groups in total. The van der Waals surface area contributed by atoms with Gasteiger partial charge in [-0.25, -0.2) is 4.79 Å². The minimum absolute atomic E-state index is 0.0292. The first kappa shape index (κ1) is 15.1. The topological polar surface area (TPSA) is 86.6 Å². The van der Waals surface area contributed by atoms with Gasteiger partial charge in [0.2, 0.25) is 0 Å². The van der Waals surface area contributed by atoms with Gasteiger partial charge in [-0.3, -0.25) is 4.79 Å². The first-order valence-electron chi connectivity index (χ1n) is 6.39. The third-order valence-corrected chi connectivity index (χ3v) is 4.26. The average molecular weight is 305 g/mol. The number of nitrogens with one attached hydrogen (secondary N) is 1. The fourth-order valence-electron chi connectivity index (χ4n) is 1.79. The van der Waals surface area contributed by atoms with E-state index in [-0.39, 0.29) is 16.9 Å². The number of amides is 1. The molecule has 0 aliphatic carbocycles. The number of aromatic carboxylic acids is 1. The van der Waals surface area contributed by atoms with Crippen LogP contribution in [0.4, 0.5) is 5.00 Å². The number of thiophene rings is 1. The van der Waals surface area contributed by atoms with Gasteiger partial charge >= 0.3 is 5.97 Å². The molecule has 0 saturated carbocycles. The molecule has 0 aliphatic heterocycles.